The lowest BCUT2D eigenvalue weighted by Gasteiger charge is -2.10. The Labute approximate surface area is 109 Å². The van der Waals surface area contributed by atoms with Crippen LogP contribution in [-0.4, -0.2) is 33.5 Å². The Morgan fingerprint density at radius 1 is 1.28 bits per heavy atom. The molecule has 0 radical (unpaired) electrons. The Kier molecular flexibility index (Phi) is 6.85. The predicted octanol–water partition coefficient (Wildman–Crippen LogP) is 2.33. The Bertz CT molecular complexity index is 399. The van der Waals surface area contributed by atoms with Gasteiger partial charge in [-0.2, -0.15) is 5.26 Å². The van der Waals surface area contributed by atoms with Crippen LogP contribution >= 0.6 is 0 Å². The predicted molar refractivity (Wildman–Crippen MR) is 71.7 cm³/mol. The van der Waals surface area contributed by atoms with E-state index in [-0.39, 0.29) is 0 Å². The van der Waals surface area contributed by atoms with Gasteiger partial charge in [0.15, 0.2) is 0 Å². The van der Waals surface area contributed by atoms with E-state index in [0.29, 0.717) is 25.4 Å². The van der Waals surface area contributed by atoms with Crippen molar-refractivity contribution in [1.29, 1.82) is 5.26 Å². The van der Waals surface area contributed by atoms with E-state index >= 15 is 0 Å². The molecule has 0 aliphatic rings. The summed E-state index contributed by atoms with van der Waals surface area (Å²) >= 11 is 0. The molecule has 0 heterocycles. The van der Waals surface area contributed by atoms with Crippen molar-refractivity contribution in [3.05, 3.63) is 29.3 Å². The first-order chi connectivity index (χ1) is 8.77. The summed E-state index contributed by atoms with van der Waals surface area (Å²) < 4.78 is 10.3. The van der Waals surface area contributed by atoms with Crippen LogP contribution in [0.5, 0.6) is 0 Å². The van der Waals surface area contributed by atoms with Gasteiger partial charge in [-0.3, -0.25) is 0 Å². The number of ether oxygens (including phenoxy) is 2. The van der Waals surface area contributed by atoms with E-state index in [1.807, 2.05) is 25.1 Å². The molecule has 0 bridgehead atoms. The quantitative estimate of drug-likeness (QED) is 0.717. The van der Waals surface area contributed by atoms with E-state index in [4.69, 9.17) is 14.7 Å². The third kappa shape index (κ3) is 5.17. The molecule has 0 fully saturated rings. The van der Waals surface area contributed by atoms with Crippen molar-refractivity contribution in [3.63, 3.8) is 0 Å². The van der Waals surface area contributed by atoms with E-state index < -0.39 is 0 Å². The molecule has 0 saturated carbocycles. The number of aryl methyl sites for hydroxylation is 1. The number of methoxy groups -OCH3 is 1. The van der Waals surface area contributed by atoms with Crippen LogP contribution in [0, 0.1) is 18.3 Å². The molecule has 0 aliphatic heterocycles. The van der Waals surface area contributed by atoms with Gasteiger partial charge in [-0.05, 0) is 31.0 Å². The summed E-state index contributed by atoms with van der Waals surface area (Å²) in [5, 5.41) is 12.2. The molecule has 1 aromatic rings. The van der Waals surface area contributed by atoms with E-state index in [9.17, 15) is 0 Å². The average molecular weight is 248 g/mol. The minimum atomic E-state index is 0.636. The summed E-state index contributed by atoms with van der Waals surface area (Å²) in [6.45, 7) is 4.85. The van der Waals surface area contributed by atoms with Crippen LogP contribution in [0.4, 0.5) is 5.69 Å². The Morgan fingerprint density at radius 2 is 2.11 bits per heavy atom. The summed E-state index contributed by atoms with van der Waals surface area (Å²) in [5.74, 6) is 0. The monoisotopic (exact) mass is 248 g/mol. The van der Waals surface area contributed by atoms with Crippen LogP contribution in [0.3, 0.4) is 0 Å². The van der Waals surface area contributed by atoms with Crippen LogP contribution in [-0.2, 0) is 9.47 Å². The zero-order valence-electron chi connectivity index (χ0n) is 11.0. The maximum atomic E-state index is 8.84. The molecular formula is C14H20N2O2. The number of nitrogens with zero attached hydrogens (tertiary/aromatic N) is 1. The number of rotatable bonds is 8. The summed E-state index contributed by atoms with van der Waals surface area (Å²) in [6, 6.07) is 7.80. The molecule has 18 heavy (non-hydrogen) atoms. The molecule has 0 amide bonds. The molecule has 0 aliphatic carbocycles. The lowest BCUT2D eigenvalue weighted by atomic mass is 10.1. The van der Waals surface area contributed by atoms with Gasteiger partial charge in [0.1, 0.15) is 0 Å². The van der Waals surface area contributed by atoms with Gasteiger partial charge < -0.3 is 14.8 Å². The molecule has 0 unspecified atom stereocenters. The van der Waals surface area contributed by atoms with Gasteiger partial charge in [0.05, 0.1) is 24.8 Å². The van der Waals surface area contributed by atoms with Gasteiger partial charge in [-0.25, -0.2) is 0 Å². The van der Waals surface area contributed by atoms with Crippen LogP contribution < -0.4 is 5.32 Å². The third-order valence-electron chi connectivity index (χ3n) is 2.58. The first-order valence-corrected chi connectivity index (χ1v) is 6.09. The van der Waals surface area contributed by atoms with E-state index in [1.165, 1.54) is 0 Å². The molecule has 0 saturated heterocycles. The minimum Gasteiger partial charge on any atom is -0.385 e. The number of hydrogen-bond donors (Lipinski definition) is 1. The molecule has 4 nitrogen and oxygen atoms in total. The Balaban J connectivity index is 2.25. The Morgan fingerprint density at radius 3 is 2.83 bits per heavy atom. The molecule has 1 aromatic carbocycles. The summed E-state index contributed by atoms with van der Waals surface area (Å²) in [4.78, 5) is 0. The average Bonchev–Trinajstić information content (AvgIpc) is 2.39. The molecule has 1 N–H and O–H groups in total. The van der Waals surface area contributed by atoms with Crippen molar-refractivity contribution in [2.24, 2.45) is 0 Å². The standard InChI is InChI=1S/C14H20N2O2/c1-12-4-5-13(11-15)10-14(12)16-6-3-7-18-9-8-17-2/h4-5,10,16H,3,6-9H2,1-2H3. The maximum Gasteiger partial charge on any atom is 0.0992 e. The van der Waals surface area contributed by atoms with Crippen LogP contribution in [0.1, 0.15) is 17.5 Å². The molecular weight excluding hydrogens is 228 g/mol. The second kappa shape index (κ2) is 8.51. The fraction of sp³-hybridized carbons (Fsp3) is 0.500. The van der Waals surface area contributed by atoms with Crippen molar-refractivity contribution in [2.75, 3.05) is 38.8 Å². The summed E-state index contributed by atoms with van der Waals surface area (Å²) in [6.07, 6.45) is 0.930. The summed E-state index contributed by atoms with van der Waals surface area (Å²) in [5.41, 5.74) is 2.85. The highest BCUT2D eigenvalue weighted by Gasteiger charge is 1.99. The number of benzene rings is 1. The molecule has 4 heteroatoms. The molecule has 0 aromatic heterocycles. The third-order valence-corrected chi connectivity index (χ3v) is 2.58. The number of hydrogen-bond acceptors (Lipinski definition) is 4. The van der Waals surface area contributed by atoms with Crippen molar-refractivity contribution in [2.45, 2.75) is 13.3 Å². The molecule has 0 spiro atoms. The lowest BCUT2D eigenvalue weighted by Crippen LogP contribution is -2.09. The number of nitrogens with one attached hydrogen (secondary N) is 1. The smallest absolute Gasteiger partial charge is 0.0992 e. The zero-order valence-corrected chi connectivity index (χ0v) is 11.0. The highest BCUT2D eigenvalue weighted by molar-refractivity contribution is 5.55. The Hall–Kier alpha value is -1.57. The van der Waals surface area contributed by atoms with Gasteiger partial charge in [0.25, 0.3) is 0 Å². The first-order valence-electron chi connectivity index (χ1n) is 6.09. The maximum absolute atomic E-state index is 8.84. The van der Waals surface area contributed by atoms with E-state index in [1.54, 1.807) is 7.11 Å². The van der Waals surface area contributed by atoms with E-state index in [2.05, 4.69) is 11.4 Å². The van der Waals surface area contributed by atoms with Crippen molar-refractivity contribution in [3.8, 4) is 6.07 Å². The van der Waals surface area contributed by atoms with Crippen LogP contribution in [0.15, 0.2) is 18.2 Å². The second-order valence-corrected chi connectivity index (χ2v) is 4.03. The van der Waals surface area contributed by atoms with Crippen molar-refractivity contribution < 1.29 is 9.47 Å². The summed E-state index contributed by atoms with van der Waals surface area (Å²) in [7, 11) is 1.66. The van der Waals surface area contributed by atoms with Gasteiger partial charge in [-0.1, -0.05) is 6.07 Å². The zero-order chi connectivity index (χ0) is 13.2. The molecule has 1 rings (SSSR count). The topological polar surface area (TPSA) is 54.3 Å². The highest BCUT2D eigenvalue weighted by Crippen LogP contribution is 2.16. The fourth-order valence-electron chi connectivity index (χ4n) is 1.52. The lowest BCUT2D eigenvalue weighted by molar-refractivity contribution is 0.0705. The second-order valence-electron chi connectivity index (χ2n) is 4.03. The van der Waals surface area contributed by atoms with Gasteiger partial charge in [-0.15, -0.1) is 0 Å². The van der Waals surface area contributed by atoms with Crippen LogP contribution in [0.2, 0.25) is 0 Å². The first kappa shape index (κ1) is 14.5. The minimum absolute atomic E-state index is 0.636. The van der Waals surface area contributed by atoms with Crippen molar-refractivity contribution in [1.82, 2.24) is 0 Å². The van der Waals surface area contributed by atoms with E-state index in [0.717, 1.165) is 24.2 Å². The number of nitriles is 1. The van der Waals surface area contributed by atoms with Crippen LogP contribution in [0.25, 0.3) is 0 Å². The number of anilines is 1. The highest BCUT2D eigenvalue weighted by atomic mass is 16.5. The van der Waals surface area contributed by atoms with Gasteiger partial charge in [0, 0.05) is 25.9 Å². The van der Waals surface area contributed by atoms with Gasteiger partial charge >= 0.3 is 0 Å². The normalized spacial score (nSPS) is 10.1. The molecule has 0 atom stereocenters. The SMILES string of the molecule is COCCOCCCNc1cc(C#N)ccc1C. The molecule has 98 valence electrons. The largest absolute Gasteiger partial charge is 0.385 e. The van der Waals surface area contributed by atoms with Gasteiger partial charge in [0.2, 0.25) is 0 Å². The fourth-order valence-corrected chi connectivity index (χ4v) is 1.52. The van der Waals surface area contributed by atoms with Crippen molar-refractivity contribution >= 4 is 5.69 Å².